The Morgan fingerprint density at radius 3 is 2.12 bits per heavy atom. The SMILES string of the molecule is CC=CC1CCC(C2COC(c3cc(F)[c-]c(F)c3)OC2)CC1.[Y]. The maximum atomic E-state index is 13.2. The van der Waals surface area contributed by atoms with Crippen LogP contribution in [0.5, 0.6) is 0 Å². The van der Waals surface area contributed by atoms with Crippen molar-refractivity contribution in [1.82, 2.24) is 0 Å². The molecule has 1 aliphatic carbocycles. The van der Waals surface area contributed by atoms with Crippen LogP contribution in [0.2, 0.25) is 0 Å². The molecule has 24 heavy (non-hydrogen) atoms. The molecule has 2 fully saturated rings. The Labute approximate surface area is 167 Å². The van der Waals surface area contributed by atoms with Gasteiger partial charge in [0.25, 0.3) is 0 Å². The van der Waals surface area contributed by atoms with Gasteiger partial charge in [-0.1, -0.05) is 17.7 Å². The number of ether oxygens (including phenoxy) is 2. The first-order valence-corrected chi connectivity index (χ1v) is 8.40. The Balaban J connectivity index is 0.00000208. The minimum atomic E-state index is -0.725. The van der Waals surface area contributed by atoms with E-state index in [1.54, 1.807) is 0 Å². The Hall–Kier alpha value is -0.156. The van der Waals surface area contributed by atoms with Crippen molar-refractivity contribution in [2.45, 2.75) is 38.9 Å². The molecule has 2 aliphatic rings. The summed E-state index contributed by atoms with van der Waals surface area (Å²) in [5, 5.41) is 0. The van der Waals surface area contributed by atoms with Crippen LogP contribution in [-0.2, 0) is 42.2 Å². The molecule has 129 valence electrons. The number of halogens is 2. The second kappa shape index (κ2) is 9.52. The summed E-state index contributed by atoms with van der Waals surface area (Å²) in [6.07, 6.45) is 8.60. The third kappa shape index (κ3) is 5.17. The standard InChI is InChI=1S/C19H23F2O2.Y/c1-2-3-13-4-6-14(7-5-13)16-11-22-19(23-12-16)15-8-17(20)10-18(21)9-15;/h2-3,8-9,13-14,16,19H,4-7,11-12H2,1H3;/q-1;. The van der Waals surface area contributed by atoms with Crippen LogP contribution in [0, 0.1) is 35.5 Å². The van der Waals surface area contributed by atoms with Crippen molar-refractivity contribution in [2.24, 2.45) is 17.8 Å². The molecule has 5 heteroatoms. The molecular weight excluding hydrogens is 387 g/mol. The molecule has 1 radical (unpaired) electrons. The molecule has 0 aromatic heterocycles. The molecule has 1 aromatic carbocycles. The van der Waals surface area contributed by atoms with Gasteiger partial charge in [-0.05, 0) is 44.4 Å². The van der Waals surface area contributed by atoms with Gasteiger partial charge in [0.15, 0.2) is 6.29 Å². The first-order chi connectivity index (χ1) is 11.2. The molecule has 0 atom stereocenters. The molecule has 1 aromatic rings. The van der Waals surface area contributed by atoms with Crippen LogP contribution in [0.4, 0.5) is 8.78 Å². The van der Waals surface area contributed by atoms with Crippen LogP contribution in [0.1, 0.15) is 44.5 Å². The van der Waals surface area contributed by atoms with Crippen LogP contribution >= 0.6 is 0 Å². The molecule has 1 saturated heterocycles. The van der Waals surface area contributed by atoms with E-state index in [1.165, 1.54) is 37.8 Å². The fraction of sp³-hybridized carbons (Fsp3) is 0.579. The molecule has 2 nitrogen and oxygen atoms in total. The number of rotatable bonds is 3. The molecule has 0 bridgehead atoms. The number of hydrogen-bond acceptors (Lipinski definition) is 2. The minimum absolute atomic E-state index is 0. The summed E-state index contributed by atoms with van der Waals surface area (Å²) in [7, 11) is 0. The van der Waals surface area contributed by atoms with Crippen LogP contribution in [0.15, 0.2) is 24.3 Å². The second-order valence-electron chi connectivity index (χ2n) is 6.57. The van der Waals surface area contributed by atoms with Crippen LogP contribution < -0.4 is 0 Å². The van der Waals surface area contributed by atoms with Crippen molar-refractivity contribution in [3.63, 3.8) is 0 Å². The Morgan fingerprint density at radius 1 is 1.00 bits per heavy atom. The predicted molar refractivity (Wildman–Crippen MR) is 83.6 cm³/mol. The van der Waals surface area contributed by atoms with E-state index >= 15 is 0 Å². The van der Waals surface area contributed by atoms with E-state index in [4.69, 9.17) is 9.47 Å². The summed E-state index contributed by atoms with van der Waals surface area (Å²) in [5.41, 5.74) is 0.383. The molecule has 1 aliphatic heterocycles. The Morgan fingerprint density at radius 2 is 1.58 bits per heavy atom. The van der Waals surface area contributed by atoms with Gasteiger partial charge in [-0.3, -0.25) is 0 Å². The molecule has 0 spiro atoms. The third-order valence-electron chi connectivity index (χ3n) is 4.97. The zero-order chi connectivity index (χ0) is 16.2. The summed E-state index contributed by atoms with van der Waals surface area (Å²) in [6, 6.07) is 4.41. The van der Waals surface area contributed by atoms with E-state index in [2.05, 4.69) is 19.1 Å². The first kappa shape index (κ1) is 20.2. The van der Waals surface area contributed by atoms with Crippen molar-refractivity contribution in [1.29, 1.82) is 0 Å². The topological polar surface area (TPSA) is 18.5 Å². The van der Waals surface area contributed by atoms with Crippen LogP contribution in [0.25, 0.3) is 0 Å². The van der Waals surface area contributed by atoms with E-state index in [-0.39, 0.29) is 32.7 Å². The first-order valence-electron chi connectivity index (χ1n) is 8.40. The van der Waals surface area contributed by atoms with E-state index in [0.717, 1.165) is 0 Å². The van der Waals surface area contributed by atoms with Crippen LogP contribution in [-0.4, -0.2) is 13.2 Å². The summed E-state index contributed by atoms with van der Waals surface area (Å²) in [4.78, 5) is 0. The van der Waals surface area contributed by atoms with Crippen molar-refractivity contribution < 1.29 is 51.0 Å². The molecule has 0 N–H and O–H groups in total. The van der Waals surface area contributed by atoms with Crippen molar-refractivity contribution in [3.05, 3.63) is 47.5 Å². The summed E-state index contributed by atoms with van der Waals surface area (Å²) < 4.78 is 37.9. The molecule has 3 rings (SSSR count). The third-order valence-corrected chi connectivity index (χ3v) is 4.97. The van der Waals surface area contributed by atoms with Gasteiger partial charge < -0.3 is 9.47 Å². The van der Waals surface area contributed by atoms with Crippen molar-refractivity contribution in [3.8, 4) is 0 Å². The fourth-order valence-corrected chi connectivity index (χ4v) is 3.72. The summed E-state index contributed by atoms with van der Waals surface area (Å²) in [6.45, 7) is 3.25. The number of benzene rings is 1. The molecule has 1 heterocycles. The normalized spacial score (nSPS) is 31.0. The zero-order valence-electron chi connectivity index (χ0n) is 14.0. The molecule has 0 unspecified atom stereocenters. The van der Waals surface area contributed by atoms with Gasteiger partial charge in [0, 0.05) is 50.3 Å². The fourth-order valence-electron chi connectivity index (χ4n) is 3.72. The summed E-state index contributed by atoms with van der Waals surface area (Å²) in [5.74, 6) is 0.256. The van der Waals surface area contributed by atoms with Crippen LogP contribution in [0.3, 0.4) is 0 Å². The van der Waals surface area contributed by atoms with Gasteiger partial charge in [0.1, 0.15) is 0 Å². The van der Waals surface area contributed by atoms with Gasteiger partial charge in [-0.2, -0.15) is 0 Å². The van der Waals surface area contributed by atoms with E-state index < -0.39 is 17.9 Å². The Kier molecular flexibility index (Phi) is 7.99. The largest absolute Gasteiger partial charge is 0.350 e. The Bertz CT molecular complexity index is 528. The van der Waals surface area contributed by atoms with Gasteiger partial charge in [-0.25, -0.2) is 8.78 Å². The van der Waals surface area contributed by atoms with E-state index in [9.17, 15) is 8.78 Å². The van der Waals surface area contributed by atoms with E-state index in [0.29, 0.717) is 36.5 Å². The average Bonchev–Trinajstić information content (AvgIpc) is 2.55. The predicted octanol–water partition coefficient (Wildman–Crippen LogP) is 4.81. The zero-order valence-corrected chi connectivity index (χ0v) is 16.8. The quantitative estimate of drug-likeness (QED) is 0.526. The molecular formula is C19H23F2O2Y-. The molecule has 0 amide bonds. The maximum absolute atomic E-state index is 13.2. The minimum Gasteiger partial charge on any atom is -0.350 e. The second-order valence-corrected chi connectivity index (χ2v) is 6.57. The van der Waals surface area contributed by atoms with Gasteiger partial charge in [0.05, 0.1) is 13.2 Å². The number of hydrogen-bond donors (Lipinski definition) is 0. The van der Waals surface area contributed by atoms with Crippen molar-refractivity contribution in [2.75, 3.05) is 13.2 Å². The van der Waals surface area contributed by atoms with Gasteiger partial charge in [0.2, 0.25) is 0 Å². The smallest absolute Gasteiger partial charge is 0.162 e. The summed E-state index contributed by atoms with van der Waals surface area (Å²) >= 11 is 0. The van der Waals surface area contributed by atoms with E-state index in [1.807, 2.05) is 6.07 Å². The molecule has 1 saturated carbocycles. The van der Waals surface area contributed by atoms with Gasteiger partial charge in [-0.15, -0.1) is 18.2 Å². The maximum Gasteiger partial charge on any atom is 0.162 e. The number of allylic oxidation sites excluding steroid dienone is 2. The van der Waals surface area contributed by atoms with Crippen molar-refractivity contribution >= 4 is 0 Å². The monoisotopic (exact) mass is 410 g/mol. The average molecular weight is 410 g/mol. The van der Waals surface area contributed by atoms with Gasteiger partial charge >= 0.3 is 0 Å².